The predicted octanol–water partition coefficient (Wildman–Crippen LogP) is 2.23. The second-order valence-electron chi connectivity index (χ2n) is 3.14. The summed E-state index contributed by atoms with van der Waals surface area (Å²) in [7, 11) is 2.48. The van der Waals surface area contributed by atoms with Gasteiger partial charge < -0.3 is 9.47 Å². The summed E-state index contributed by atoms with van der Waals surface area (Å²) in [5, 5.41) is -0.156. The monoisotopic (exact) mass is 260 g/mol. The Morgan fingerprint density at radius 2 is 2.00 bits per heavy atom. The van der Waals surface area contributed by atoms with Gasteiger partial charge in [0, 0.05) is 6.07 Å². The number of benzene rings is 1. The molecule has 17 heavy (non-hydrogen) atoms. The normalized spacial score (nSPS) is 9.88. The van der Waals surface area contributed by atoms with Crippen LogP contribution in [0.1, 0.15) is 16.8 Å². The van der Waals surface area contributed by atoms with Gasteiger partial charge in [0.1, 0.15) is 18.0 Å². The Kier molecular flexibility index (Phi) is 4.45. The van der Waals surface area contributed by atoms with Crippen molar-refractivity contribution in [2.45, 2.75) is 6.42 Å². The zero-order valence-corrected chi connectivity index (χ0v) is 10.0. The fourth-order valence-corrected chi connectivity index (χ4v) is 1.37. The van der Waals surface area contributed by atoms with Gasteiger partial charge in [-0.05, 0) is 6.07 Å². The first kappa shape index (κ1) is 13.4. The summed E-state index contributed by atoms with van der Waals surface area (Å²) in [5.41, 5.74) is -0.0419. The van der Waals surface area contributed by atoms with Crippen molar-refractivity contribution < 1.29 is 23.5 Å². The maximum atomic E-state index is 13.2. The van der Waals surface area contributed by atoms with E-state index in [4.69, 9.17) is 16.3 Å². The quantitative estimate of drug-likeness (QED) is 0.473. The van der Waals surface area contributed by atoms with Crippen LogP contribution < -0.4 is 4.74 Å². The molecular weight excluding hydrogens is 251 g/mol. The topological polar surface area (TPSA) is 52.6 Å². The second kappa shape index (κ2) is 5.63. The van der Waals surface area contributed by atoms with Crippen LogP contribution in [0.3, 0.4) is 0 Å². The molecular formula is C11H10ClFO4. The standard InChI is InChI=1S/C11H10ClFO4/c1-16-10-4-7(12)8(13)3-6(10)9(14)5-11(15)17-2/h3-4H,5H2,1-2H3. The molecule has 0 saturated heterocycles. The minimum atomic E-state index is -0.749. The van der Waals surface area contributed by atoms with Gasteiger partial charge in [0.05, 0.1) is 24.8 Å². The zero-order valence-electron chi connectivity index (χ0n) is 9.25. The van der Waals surface area contributed by atoms with E-state index in [2.05, 4.69) is 4.74 Å². The summed E-state index contributed by atoms with van der Waals surface area (Å²) in [6.45, 7) is 0. The van der Waals surface area contributed by atoms with Crippen molar-refractivity contribution in [2.75, 3.05) is 14.2 Å². The van der Waals surface area contributed by atoms with E-state index in [1.54, 1.807) is 0 Å². The lowest BCUT2D eigenvalue weighted by Crippen LogP contribution is -2.11. The van der Waals surface area contributed by atoms with Crippen LogP contribution in [0.15, 0.2) is 12.1 Å². The fourth-order valence-electron chi connectivity index (χ4n) is 1.21. The average molecular weight is 261 g/mol. The third kappa shape index (κ3) is 3.17. The molecule has 0 heterocycles. The van der Waals surface area contributed by atoms with Crippen LogP contribution in [0.25, 0.3) is 0 Å². The predicted molar refractivity (Wildman–Crippen MR) is 58.9 cm³/mol. The number of ketones is 1. The number of ether oxygens (including phenoxy) is 2. The van der Waals surface area contributed by atoms with E-state index in [-0.39, 0.29) is 16.3 Å². The molecule has 0 aliphatic heterocycles. The van der Waals surface area contributed by atoms with Gasteiger partial charge in [-0.25, -0.2) is 4.39 Å². The van der Waals surface area contributed by atoms with Crippen molar-refractivity contribution in [2.24, 2.45) is 0 Å². The number of rotatable bonds is 4. The SMILES string of the molecule is COC(=O)CC(=O)c1cc(F)c(Cl)cc1OC. The fraction of sp³-hybridized carbons (Fsp3) is 0.273. The highest BCUT2D eigenvalue weighted by atomic mass is 35.5. The van der Waals surface area contributed by atoms with Crippen LogP contribution in [-0.4, -0.2) is 26.0 Å². The van der Waals surface area contributed by atoms with E-state index in [1.165, 1.54) is 13.2 Å². The molecule has 0 saturated carbocycles. The summed E-state index contributed by atoms with van der Waals surface area (Å²) in [4.78, 5) is 22.6. The number of hydrogen-bond donors (Lipinski definition) is 0. The van der Waals surface area contributed by atoms with Gasteiger partial charge in [0.15, 0.2) is 5.78 Å². The molecule has 92 valence electrons. The van der Waals surface area contributed by atoms with Gasteiger partial charge in [-0.15, -0.1) is 0 Å². The average Bonchev–Trinajstić information content (AvgIpc) is 2.31. The number of carbonyl (C=O) groups is 2. The van der Waals surface area contributed by atoms with Crippen molar-refractivity contribution in [1.82, 2.24) is 0 Å². The van der Waals surface area contributed by atoms with Crippen molar-refractivity contribution in [3.05, 3.63) is 28.5 Å². The molecule has 0 aromatic heterocycles. The minimum absolute atomic E-state index is 0.0419. The molecule has 1 aromatic rings. The molecule has 0 amide bonds. The van der Waals surface area contributed by atoms with Gasteiger partial charge in [-0.3, -0.25) is 9.59 Å². The highest BCUT2D eigenvalue weighted by Gasteiger charge is 2.18. The van der Waals surface area contributed by atoms with E-state index in [0.717, 1.165) is 13.2 Å². The molecule has 1 aromatic carbocycles. The van der Waals surface area contributed by atoms with Crippen molar-refractivity contribution in [3.63, 3.8) is 0 Å². The number of esters is 1. The number of Topliss-reactive ketones (excluding diaryl/α,β-unsaturated/α-hetero) is 1. The third-order valence-electron chi connectivity index (χ3n) is 2.08. The molecule has 6 heteroatoms. The van der Waals surface area contributed by atoms with Gasteiger partial charge >= 0.3 is 5.97 Å². The number of carbonyl (C=O) groups excluding carboxylic acids is 2. The first-order valence-electron chi connectivity index (χ1n) is 4.62. The van der Waals surface area contributed by atoms with Crippen LogP contribution in [0, 0.1) is 5.82 Å². The lowest BCUT2D eigenvalue weighted by molar-refractivity contribution is -0.139. The van der Waals surface area contributed by atoms with Gasteiger partial charge in [0.25, 0.3) is 0 Å². The summed E-state index contributed by atoms with van der Waals surface area (Å²) in [5.74, 6) is -1.93. The molecule has 0 radical (unpaired) electrons. The molecule has 1 rings (SSSR count). The van der Waals surface area contributed by atoms with E-state index in [0.29, 0.717) is 0 Å². The molecule has 0 unspecified atom stereocenters. The molecule has 0 fully saturated rings. The van der Waals surface area contributed by atoms with E-state index >= 15 is 0 Å². The highest BCUT2D eigenvalue weighted by Crippen LogP contribution is 2.27. The Labute approximate surface area is 102 Å². The van der Waals surface area contributed by atoms with Crippen LogP contribution >= 0.6 is 11.6 Å². The van der Waals surface area contributed by atoms with E-state index in [1.807, 2.05) is 0 Å². The smallest absolute Gasteiger partial charge is 0.313 e. The second-order valence-corrected chi connectivity index (χ2v) is 3.55. The third-order valence-corrected chi connectivity index (χ3v) is 2.37. The van der Waals surface area contributed by atoms with Crippen molar-refractivity contribution in [3.8, 4) is 5.75 Å². The lowest BCUT2D eigenvalue weighted by Gasteiger charge is -2.08. The molecule has 0 aliphatic carbocycles. The van der Waals surface area contributed by atoms with E-state index < -0.39 is 24.0 Å². The summed E-state index contributed by atoms with van der Waals surface area (Å²) < 4.78 is 22.5. The first-order valence-corrected chi connectivity index (χ1v) is 5.00. The van der Waals surface area contributed by atoms with Crippen LogP contribution in [0.5, 0.6) is 5.75 Å². The molecule has 0 atom stereocenters. The largest absolute Gasteiger partial charge is 0.496 e. The van der Waals surface area contributed by atoms with Crippen molar-refractivity contribution in [1.29, 1.82) is 0 Å². The van der Waals surface area contributed by atoms with Crippen LogP contribution in [0.4, 0.5) is 4.39 Å². The summed E-state index contributed by atoms with van der Waals surface area (Å²) in [6, 6.07) is 2.12. The zero-order chi connectivity index (χ0) is 13.0. The molecule has 0 N–H and O–H groups in total. The Hall–Kier alpha value is -1.62. The van der Waals surface area contributed by atoms with Gasteiger partial charge in [-0.2, -0.15) is 0 Å². The van der Waals surface area contributed by atoms with Gasteiger partial charge in [-0.1, -0.05) is 11.6 Å². The summed E-state index contributed by atoms with van der Waals surface area (Å²) in [6.07, 6.45) is -0.478. The molecule has 4 nitrogen and oxygen atoms in total. The lowest BCUT2D eigenvalue weighted by atomic mass is 10.1. The number of halogens is 2. The Morgan fingerprint density at radius 3 is 2.53 bits per heavy atom. The maximum Gasteiger partial charge on any atom is 0.313 e. The Bertz CT molecular complexity index is 459. The Morgan fingerprint density at radius 1 is 1.35 bits per heavy atom. The molecule has 0 aliphatic rings. The van der Waals surface area contributed by atoms with Crippen LogP contribution in [-0.2, 0) is 9.53 Å². The van der Waals surface area contributed by atoms with Crippen molar-refractivity contribution >= 4 is 23.4 Å². The maximum absolute atomic E-state index is 13.2. The molecule has 0 bridgehead atoms. The van der Waals surface area contributed by atoms with Crippen LogP contribution in [0.2, 0.25) is 5.02 Å². The summed E-state index contributed by atoms with van der Waals surface area (Å²) >= 11 is 5.54. The number of hydrogen-bond acceptors (Lipinski definition) is 4. The number of methoxy groups -OCH3 is 2. The van der Waals surface area contributed by atoms with E-state index in [9.17, 15) is 14.0 Å². The minimum Gasteiger partial charge on any atom is -0.496 e. The van der Waals surface area contributed by atoms with Gasteiger partial charge in [0.2, 0.25) is 0 Å². The first-order chi connectivity index (χ1) is 7.99. The molecule has 0 spiro atoms. The Balaban J connectivity index is 3.08. The highest BCUT2D eigenvalue weighted by molar-refractivity contribution is 6.31.